The van der Waals surface area contributed by atoms with E-state index in [1.165, 1.54) is 13.0 Å². The molecule has 0 spiro atoms. The highest BCUT2D eigenvalue weighted by Crippen LogP contribution is 2.26. The fourth-order valence-electron chi connectivity index (χ4n) is 1.78. The van der Waals surface area contributed by atoms with E-state index >= 15 is 0 Å². The fourth-order valence-corrected chi connectivity index (χ4v) is 1.78. The van der Waals surface area contributed by atoms with Gasteiger partial charge in [-0.1, -0.05) is 0 Å². The molecule has 0 saturated heterocycles. The number of pyridine rings is 1. The predicted molar refractivity (Wildman–Crippen MR) is 70.3 cm³/mol. The summed E-state index contributed by atoms with van der Waals surface area (Å²) in [6.45, 7) is 5.30. The monoisotopic (exact) mass is 245 g/mol. The molecule has 1 N–H and O–H groups in total. The van der Waals surface area contributed by atoms with Gasteiger partial charge in [0, 0.05) is 17.0 Å². The third-order valence-corrected chi connectivity index (χ3v) is 2.56. The summed E-state index contributed by atoms with van der Waals surface area (Å²) in [4.78, 5) is 25.6. The number of ketones is 1. The maximum atomic E-state index is 11.5. The maximum Gasteiger partial charge on any atom is 0.248 e. The highest BCUT2D eigenvalue weighted by molar-refractivity contribution is 5.99. The summed E-state index contributed by atoms with van der Waals surface area (Å²) in [5.41, 5.74) is 1.01. The van der Waals surface area contributed by atoms with Crippen molar-refractivity contribution in [2.45, 2.75) is 26.9 Å². The summed E-state index contributed by atoms with van der Waals surface area (Å²) in [5.74, 6) is 0.502. The molecule has 0 aliphatic carbocycles. The molecule has 0 saturated carbocycles. The summed E-state index contributed by atoms with van der Waals surface area (Å²) >= 11 is 0. The van der Waals surface area contributed by atoms with Crippen molar-refractivity contribution >= 4 is 16.7 Å². The summed E-state index contributed by atoms with van der Waals surface area (Å²) in [7, 11) is 0. The topological polar surface area (TPSA) is 59.2 Å². The van der Waals surface area contributed by atoms with E-state index in [0.29, 0.717) is 16.8 Å². The van der Waals surface area contributed by atoms with Crippen LogP contribution in [0.15, 0.2) is 29.1 Å². The molecule has 18 heavy (non-hydrogen) atoms. The lowest BCUT2D eigenvalue weighted by molar-refractivity contribution is 0.101. The van der Waals surface area contributed by atoms with Crippen LogP contribution in [0.1, 0.15) is 31.1 Å². The number of carbonyl (C=O) groups excluding carboxylic acids is 1. The molecule has 0 radical (unpaired) electrons. The molecule has 4 nitrogen and oxygen atoms in total. The first kappa shape index (κ1) is 12.4. The van der Waals surface area contributed by atoms with Gasteiger partial charge in [-0.25, -0.2) is 0 Å². The number of nitrogens with one attached hydrogen (secondary N) is 1. The van der Waals surface area contributed by atoms with Crippen LogP contribution in [-0.4, -0.2) is 16.9 Å². The second kappa shape index (κ2) is 4.64. The van der Waals surface area contributed by atoms with Gasteiger partial charge in [0.05, 0.1) is 11.6 Å². The molecule has 1 aromatic carbocycles. The van der Waals surface area contributed by atoms with Crippen LogP contribution in [0.2, 0.25) is 0 Å². The van der Waals surface area contributed by atoms with Crippen LogP contribution in [0.25, 0.3) is 10.9 Å². The number of H-pyrrole nitrogens is 1. The second-order valence-electron chi connectivity index (χ2n) is 4.48. The first-order valence-electron chi connectivity index (χ1n) is 5.82. The zero-order valence-electron chi connectivity index (χ0n) is 10.6. The molecule has 1 aromatic heterocycles. The largest absolute Gasteiger partial charge is 0.489 e. The van der Waals surface area contributed by atoms with Crippen LogP contribution in [0.4, 0.5) is 0 Å². The van der Waals surface area contributed by atoms with Gasteiger partial charge in [-0.2, -0.15) is 0 Å². The molecule has 4 heteroatoms. The number of hydrogen-bond donors (Lipinski definition) is 1. The first-order chi connectivity index (χ1) is 8.47. The Hall–Kier alpha value is -2.10. The van der Waals surface area contributed by atoms with Gasteiger partial charge < -0.3 is 9.72 Å². The van der Waals surface area contributed by atoms with Gasteiger partial charge >= 0.3 is 0 Å². The van der Waals surface area contributed by atoms with E-state index in [0.717, 1.165) is 5.39 Å². The van der Waals surface area contributed by atoms with Crippen molar-refractivity contribution in [1.29, 1.82) is 0 Å². The molecular formula is C14H15NO3. The summed E-state index contributed by atoms with van der Waals surface area (Å²) < 4.78 is 5.65. The summed E-state index contributed by atoms with van der Waals surface area (Å²) in [5, 5.41) is 0.790. The molecule has 2 rings (SSSR count). The minimum absolute atomic E-state index is 0.0286. The fraction of sp³-hybridized carbons (Fsp3) is 0.286. The number of rotatable bonds is 3. The molecule has 2 aromatic rings. The van der Waals surface area contributed by atoms with Gasteiger partial charge in [0.2, 0.25) is 5.56 Å². The van der Waals surface area contributed by atoms with E-state index in [1.54, 1.807) is 18.2 Å². The Kier molecular flexibility index (Phi) is 3.19. The van der Waals surface area contributed by atoms with Crippen LogP contribution in [0, 0.1) is 0 Å². The quantitative estimate of drug-likeness (QED) is 0.845. The summed E-state index contributed by atoms with van der Waals surface area (Å²) in [6, 6.07) is 6.54. The lowest BCUT2D eigenvalue weighted by Crippen LogP contribution is -2.10. The van der Waals surface area contributed by atoms with E-state index in [1.807, 2.05) is 13.8 Å². The number of Topliss-reactive ketones (excluding diaryl/α,β-unsaturated/α-hetero) is 1. The van der Waals surface area contributed by atoms with Crippen LogP contribution in [0.3, 0.4) is 0 Å². The van der Waals surface area contributed by atoms with Gasteiger partial charge in [0.1, 0.15) is 5.75 Å². The van der Waals surface area contributed by atoms with E-state index in [-0.39, 0.29) is 17.4 Å². The van der Waals surface area contributed by atoms with E-state index in [4.69, 9.17) is 4.74 Å². The molecule has 0 amide bonds. The highest BCUT2D eigenvalue weighted by atomic mass is 16.5. The van der Waals surface area contributed by atoms with Crippen molar-refractivity contribution in [2.75, 3.05) is 0 Å². The Labute approximate surface area is 105 Å². The van der Waals surface area contributed by atoms with Crippen molar-refractivity contribution in [3.8, 4) is 5.75 Å². The molecule has 0 aliphatic heterocycles. The average molecular weight is 245 g/mol. The Morgan fingerprint density at radius 3 is 2.61 bits per heavy atom. The lowest BCUT2D eigenvalue weighted by Gasteiger charge is -2.13. The third-order valence-electron chi connectivity index (χ3n) is 2.56. The molecule has 0 unspecified atom stereocenters. The molecule has 0 atom stereocenters. The molecule has 1 heterocycles. The van der Waals surface area contributed by atoms with Crippen LogP contribution in [0.5, 0.6) is 5.75 Å². The predicted octanol–water partition coefficient (Wildman–Crippen LogP) is 2.52. The standard InChI is InChI=1S/C14H15NO3/c1-8(2)18-12-7-11(9(3)16)6-10-4-5-13(17)15-14(10)12/h4-8H,1-3H3,(H,15,17). The van der Waals surface area contributed by atoms with Crippen LogP contribution < -0.4 is 10.3 Å². The minimum atomic E-state index is -0.188. The zero-order chi connectivity index (χ0) is 13.3. The smallest absolute Gasteiger partial charge is 0.248 e. The van der Waals surface area contributed by atoms with Crippen molar-refractivity contribution in [2.24, 2.45) is 0 Å². The van der Waals surface area contributed by atoms with Gasteiger partial charge in [0.25, 0.3) is 0 Å². The number of aromatic amines is 1. The Morgan fingerprint density at radius 2 is 2.00 bits per heavy atom. The number of benzene rings is 1. The molecule has 94 valence electrons. The minimum Gasteiger partial charge on any atom is -0.489 e. The maximum absolute atomic E-state index is 11.5. The Balaban J connectivity index is 2.72. The van der Waals surface area contributed by atoms with Crippen molar-refractivity contribution in [3.05, 3.63) is 40.2 Å². The van der Waals surface area contributed by atoms with Crippen molar-refractivity contribution < 1.29 is 9.53 Å². The van der Waals surface area contributed by atoms with Gasteiger partial charge in [-0.15, -0.1) is 0 Å². The molecule has 0 bridgehead atoms. The number of carbonyl (C=O) groups is 1. The first-order valence-corrected chi connectivity index (χ1v) is 5.82. The number of ether oxygens (including phenoxy) is 1. The van der Waals surface area contributed by atoms with Gasteiger partial charge in [-0.3, -0.25) is 9.59 Å². The Morgan fingerprint density at radius 1 is 1.28 bits per heavy atom. The Bertz CT molecular complexity index is 656. The number of fused-ring (bicyclic) bond motifs is 1. The number of aromatic nitrogens is 1. The van der Waals surface area contributed by atoms with Crippen molar-refractivity contribution in [1.82, 2.24) is 4.98 Å². The SMILES string of the molecule is CC(=O)c1cc(OC(C)C)c2[nH]c(=O)ccc2c1. The van der Waals surface area contributed by atoms with E-state index in [2.05, 4.69) is 4.98 Å². The number of hydrogen-bond acceptors (Lipinski definition) is 3. The van der Waals surface area contributed by atoms with Gasteiger partial charge in [0.15, 0.2) is 5.78 Å². The highest BCUT2D eigenvalue weighted by Gasteiger charge is 2.10. The third kappa shape index (κ3) is 2.42. The van der Waals surface area contributed by atoms with E-state index in [9.17, 15) is 9.59 Å². The van der Waals surface area contributed by atoms with Crippen LogP contribution in [-0.2, 0) is 0 Å². The van der Waals surface area contributed by atoms with Crippen molar-refractivity contribution in [3.63, 3.8) is 0 Å². The van der Waals surface area contributed by atoms with E-state index < -0.39 is 0 Å². The molecular weight excluding hydrogens is 230 g/mol. The zero-order valence-corrected chi connectivity index (χ0v) is 10.6. The average Bonchev–Trinajstić information content (AvgIpc) is 2.28. The second-order valence-corrected chi connectivity index (χ2v) is 4.48. The lowest BCUT2D eigenvalue weighted by atomic mass is 10.1. The molecule has 0 fully saturated rings. The van der Waals surface area contributed by atoms with Crippen LogP contribution >= 0.6 is 0 Å². The summed E-state index contributed by atoms with van der Waals surface area (Å²) in [6.07, 6.45) is -0.0286. The normalized spacial score (nSPS) is 10.9. The van der Waals surface area contributed by atoms with Gasteiger partial charge in [-0.05, 0) is 39.0 Å². The molecule has 0 aliphatic rings.